The van der Waals surface area contributed by atoms with E-state index in [0.29, 0.717) is 11.3 Å². The van der Waals surface area contributed by atoms with Crippen LogP contribution in [-0.2, 0) is 6.54 Å². The molecule has 0 aliphatic heterocycles. The predicted octanol–water partition coefficient (Wildman–Crippen LogP) is 3.86. The molecule has 1 rings (SSSR count). The minimum absolute atomic E-state index is 0.334. The van der Waals surface area contributed by atoms with Crippen LogP contribution in [0.5, 0.6) is 5.75 Å². The third-order valence-electron chi connectivity index (χ3n) is 2.49. The van der Waals surface area contributed by atoms with Crippen molar-refractivity contribution in [2.24, 2.45) is 11.3 Å². The van der Waals surface area contributed by atoms with Crippen molar-refractivity contribution in [3.05, 3.63) is 29.8 Å². The molecule has 1 aromatic rings. The molecular formula is C16H27NO. The second-order valence-corrected chi connectivity index (χ2v) is 6.51. The molecule has 18 heavy (non-hydrogen) atoms. The number of nitrogens with one attached hydrogen (secondary N) is 1. The molecule has 0 atom stereocenters. The lowest BCUT2D eigenvalue weighted by atomic mass is 9.97. The van der Waals surface area contributed by atoms with Crippen LogP contribution in [0.4, 0.5) is 0 Å². The van der Waals surface area contributed by atoms with Crippen molar-refractivity contribution in [3.63, 3.8) is 0 Å². The quantitative estimate of drug-likeness (QED) is 0.826. The first kappa shape index (κ1) is 15.0. The highest BCUT2D eigenvalue weighted by Gasteiger charge is 2.08. The molecule has 0 aromatic heterocycles. The van der Waals surface area contributed by atoms with Gasteiger partial charge in [-0.25, -0.2) is 0 Å². The Bertz CT molecular complexity index is 335. The molecule has 0 heterocycles. The van der Waals surface area contributed by atoms with Crippen molar-refractivity contribution in [3.8, 4) is 5.75 Å². The summed E-state index contributed by atoms with van der Waals surface area (Å²) in [6.45, 7) is 13.8. The van der Waals surface area contributed by atoms with Gasteiger partial charge in [0.1, 0.15) is 5.75 Å². The van der Waals surface area contributed by atoms with Gasteiger partial charge >= 0.3 is 0 Å². The van der Waals surface area contributed by atoms with Crippen molar-refractivity contribution < 1.29 is 4.74 Å². The molecule has 0 spiro atoms. The molecule has 0 radical (unpaired) electrons. The highest BCUT2D eigenvalue weighted by atomic mass is 16.5. The fraction of sp³-hybridized carbons (Fsp3) is 0.625. The Morgan fingerprint density at radius 3 is 2.22 bits per heavy atom. The van der Waals surface area contributed by atoms with Crippen LogP contribution >= 0.6 is 0 Å². The Balaban J connectivity index is 2.36. The molecule has 1 N–H and O–H groups in total. The number of rotatable bonds is 6. The lowest BCUT2D eigenvalue weighted by molar-refractivity contribution is 0.271. The van der Waals surface area contributed by atoms with Crippen molar-refractivity contribution in [1.82, 2.24) is 5.32 Å². The van der Waals surface area contributed by atoms with Gasteiger partial charge in [0.15, 0.2) is 0 Å². The van der Waals surface area contributed by atoms with Crippen LogP contribution in [0.3, 0.4) is 0 Å². The van der Waals surface area contributed by atoms with E-state index in [1.807, 2.05) is 0 Å². The maximum atomic E-state index is 5.66. The van der Waals surface area contributed by atoms with E-state index in [0.717, 1.165) is 25.4 Å². The fourth-order valence-corrected chi connectivity index (χ4v) is 1.55. The predicted molar refractivity (Wildman–Crippen MR) is 77.9 cm³/mol. The first-order valence-electron chi connectivity index (χ1n) is 6.79. The average Bonchev–Trinajstić information content (AvgIpc) is 2.26. The standard InChI is InChI=1S/C16H27NO/c1-13(2)11-18-15-8-6-14(7-9-15)10-17-12-16(3,4)5/h6-9,13,17H,10-12H2,1-5H3. The molecular weight excluding hydrogens is 222 g/mol. The lowest BCUT2D eigenvalue weighted by Gasteiger charge is -2.18. The number of benzene rings is 1. The lowest BCUT2D eigenvalue weighted by Crippen LogP contribution is -2.26. The molecule has 0 saturated carbocycles. The van der Waals surface area contributed by atoms with Gasteiger partial charge in [0, 0.05) is 13.1 Å². The summed E-state index contributed by atoms with van der Waals surface area (Å²) in [6, 6.07) is 8.36. The van der Waals surface area contributed by atoms with Gasteiger partial charge in [-0.15, -0.1) is 0 Å². The van der Waals surface area contributed by atoms with E-state index in [4.69, 9.17) is 4.74 Å². The van der Waals surface area contributed by atoms with Crippen LogP contribution in [0, 0.1) is 11.3 Å². The van der Waals surface area contributed by atoms with Gasteiger partial charge in [0.2, 0.25) is 0 Å². The molecule has 0 unspecified atom stereocenters. The summed E-state index contributed by atoms with van der Waals surface area (Å²) < 4.78 is 5.66. The molecule has 0 saturated heterocycles. The van der Waals surface area contributed by atoms with Gasteiger partial charge in [-0.1, -0.05) is 46.8 Å². The van der Waals surface area contributed by atoms with Gasteiger partial charge in [0.25, 0.3) is 0 Å². The summed E-state index contributed by atoms with van der Waals surface area (Å²) in [4.78, 5) is 0. The second kappa shape index (κ2) is 6.79. The van der Waals surface area contributed by atoms with Crippen LogP contribution in [0.15, 0.2) is 24.3 Å². The van der Waals surface area contributed by atoms with Gasteiger partial charge in [-0.05, 0) is 29.0 Å². The van der Waals surface area contributed by atoms with E-state index in [2.05, 4.69) is 64.2 Å². The largest absolute Gasteiger partial charge is 0.493 e. The Kier molecular flexibility index (Phi) is 5.67. The third kappa shape index (κ3) is 6.65. The molecule has 2 heteroatoms. The Hall–Kier alpha value is -1.02. The summed E-state index contributed by atoms with van der Waals surface area (Å²) in [7, 11) is 0. The first-order valence-corrected chi connectivity index (χ1v) is 6.79. The zero-order chi connectivity index (χ0) is 13.6. The van der Waals surface area contributed by atoms with Gasteiger partial charge in [-0.3, -0.25) is 0 Å². The highest BCUT2D eigenvalue weighted by molar-refractivity contribution is 5.27. The molecule has 0 bridgehead atoms. The monoisotopic (exact) mass is 249 g/mol. The van der Waals surface area contributed by atoms with Crippen LogP contribution in [-0.4, -0.2) is 13.2 Å². The van der Waals surface area contributed by atoms with Gasteiger partial charge < -0.3 is 10.1 Å². The average molecular weight is 249 g/mol. The maximum Gasteiger partial charge on any atom is 0.119 e. The maximum absolute atomic E-state index is 5.66. The molecule has 2 nitrogen and oxygen atoms in total. The number of ether oxygens (including phenoxy) is 1. The van der Waals surface area contributed by atoms with Crippen molar-refractivity contribution >= 4 is 0 Å². The topological polar surface area (TPSA) is 21.3 Å². The minimum Gasteiger partial charge on any atom is -0.493 e. The van der Waals surface area contributed by atoms with E-state index in [1.54, 1.807) is 0 Å². The van der Waals surface area contributed by atoms with E-state index >= 15 is 0 Å². The van der Waals surface area contributed by atoms with Crippen molar-refractivity contribution in [1.29, 1.82) is 0 Å². The summed E-state index contributed by atoms with van der Waals surface area (Å²) in [5.74, 6) is 1.53. The summed E-state index contributed by atoms with van der Waals surface area (Å²) in [6.07, 6.45) is 0. The normalized spacial score (nSPS) is 11.9. The van der Waals surface area contributed by atoms with Crippen LogP contribution in [0.1, 0.15) is 40.2 Å². The second-order valence-electron chi connectivity index (χ2n) is 6.51. The molecule has 1 aromatic carbocycles. The smallest absolute Gasteiger partial charge is 0.119 e. The van der Waals surface area contributed by atoms with E-state index in [9.17, 15) is 0 Å². The first-order chi connectivity index (χ1) is 8.37. The highest BCUT2D eigenvalue weighted by Crippen LogP contribution is 2.14. The number of hydrogen-bond donors (Lipinski definition) is 1. The van der Waals surface area contributed by atoms with Crippen molar-refractivity contribution in [2.45, 2.75) is 41.2 Å². The van der Waals surface area contributed by atoms with Crippen molar-refractivity contribution in [2.75, 3.05) is 13.2 Å². The summed E-state index contributed by atoms with van der Waals surface area (Å²) in [5, 5.41) is 3.47. The molecule has 0 fully saturated rings. The Morgan fingerprint density at radius 1 is 1.11 bits per heavy atom. The zero-order valence-electron chi connectivity index (χ0n) is 12.4. The molecule has 0 amide bonds. The van der Waals surface area contributed by atoms with Gasteiger partial charge in [0.05, 0.1) is 6.61 Å². The molecule has 0 aliphatic carbocycles. The van der Waals surface area contributed by atoms with Gasteiger partial charge in [-0.2, -0.15) is 0 Å². The zero-order valence-corrected chi connectivity index (χ0v) is 12.4. The summed E-state index contributed by atoms with van der Waals surface area (Å²) in [5.41, 5.74) is 1.64. The van der Waals surface area contributed by atoms with E-state index in [-0.39, 0.29) is 0 Å². The molecule has 0 aliphatic rings. The minimum atomic E-state index is 0.334. The fourth-order valence-electron chi connectivity index (χ4n) is 1.55. The SMILES string of the molecule is CC(C)COc1ccc(CNCC(C)(C)C)cc1. The molecule has 102 valence electrons. The van der Waals surface area contributed by atoms with Crippen LogP contribution in [0.25, 0.3) is 0 Å². The summed E-state index contributed by atoms with van der Waals surface area (Å²) >= 11 is 0. The Labute approximate surface area is 112 Å². The third-order valence-corrected chi connectivity index (χ3v) is 2.49. The van der Waals surface area contributed by atoms with E-state index < -0.39 is 0 Å². The Morgan fingerprint density at radius 2 is 1.72 bits per heavy atom. The van der Waals surface area contributed by atoms with Crippen LogP contribution in [0.2, 0.25) is 0 Å². The van der Waals surface area contributed by atoms with E-state index in [1.165, 1.54) is 5.56 Å². The number of hydrogen-bond acceptors (Lipinski definition) is 2. The van der Waals surface area contributed by atoms with Crippen LogP contribution < -0.4 is 10.1 Å².